The Morgan fingerprint density at radius 3 is 2.50 bits per heavy atom. The van der Waals surface area contributed by atoms with Crippen molar-refractivity contribution in [3.8, 4) is 5.88 Å². The summed E-state index contributed by atoms with van der Waals surface area (Å²) < 4.78 is 50.4. The van der Waals surface area contributed by atoms with Gasteiger partial charge in [0, 0.05) is 12.1 Å². The fourth-order valence-corrected chi connectivity index (χ4v) is 0.829. The van der Waals surface area contributed by atoms with Crippen LogP contribution in [-0.4, -0.2) is 11.3 Å². The van der Waals surface area contributed by atoms with Crippen LogP contribution in [0.4, 0.5) is 17.6 Å². The highest BCUT2D eigenvalue weighted by Gasteiger charge is 2.31. The molecule has 1 N–H and O–H groups in total. The molecule has 0 radical (unpaired) electrons. The average Bonchev–Trinajstić information content (AvgIpc) is 1.99. The molecule has 0 aromatic carbocycles. The first-order valence-corrected chi connectivity index (χ1v) is 3.45. The van der Waals surface area contributed by atoms with Crippen molar-refractivity contribution in [2.75, 3.05) is 0 Å². The van der Waals surface area contributed by atoms with Gasteiger partial charge >= 0.3 is 6.36 Å². The predicted octanol–water partition coefficient (Wildman–Crippen LogP) is 1.74. The number of aromatic nitrogens is 1. The van der Waals surface area contributed by atoms with Gasteiger partial charge in [-0.25, -0.2) is 4.39 Å². The van der Waals surface area contributed by atoms with Crippen molar-refractivity contribution < 1.29 is 22.3 Å². The van der Waals surface area contributed by atoms with Gasteiger partial charge in [0.25, 0.3) is 5.56 Å². The number of H-pyrrole nitrogens is 1. The van der Waals surface area contributed by atoms with Crippen LogP contribution in [0, 0.1) is 0 Å². The van der Waals surface area contributed by atoms with Gasteiger partial charge in [-0.15, -0.1) is 13.2 Å². The van der Waals surface area contributed by atoms with Crippen molar-refractivity contribution in [3.63, 3.8) is 0 Å². The maximum atomic E-state index is 12.0. The zero-order chi connectivity index (χ0) is 10.8. The second kappa shape index (κ2) is 3.69. The number of pyridine rings is 1. The van der Waals surface area contributed by atoms with Gasteiger partial charge in [-0.05, 0) is 5.56 Å². The van der Waals surface area contributed by atoms with E-state index in [0.29, 0.717) is 0 Å². The molecule has 1 rings (SSSR count). The minimum atomic E-state index is -4.90. The fourth-order valence-electron chi connectivity index (χ4n) is 0.829. The van der Waals surface area contributed by atoms with Crippen molar-refractivity contribution in [2.45, 2.75) is 13.0 Å². The van der Waals surface area contributed by atoms with E-state index in [0.717, 1.165) is 12.1 Å². The van der Waals surface area contributed by atoms with E-state index in [2.05, 4.69) is 4.74 Å². The van der Waals surface area contributed by atoms with E-state index < -0.39 is 24.5 Å². The highest BCUT2D eigenvalue weighted by molar-refractivity contribution is 5.19. The maximum absolute atomic E-state index is 12.0. The summed E-state index contributed by atoms with van der Waals surface area (Å²) in [7, 11) is 0. The van der Waals surface area contributed by atoms with Crippen LogP contribution < -0.4 is 10.3 Å². The number of nitrogens with one attached hydrogen (secondary N) is 1. The quantitative estimate of drug-likeness (QED) is 0.757. The summed E-state index contributed by atoms with van der Waals surface area (Å²) in [5, 5.41) is 0. The number of hydrogen-bond acceptors (Lipinski definition) is 2. The molecule has 0 atom stereocenters. The molecule has 7 heteroatoms. The molecule has 0 spiro atoms. The average molecular weight is 211 g/mol. The SMILES string of the molecule is O=c1cc(CF)cc(OC(F)(F)F)[nH]1. The lowest BCUT2D eigenvalue weighted by atomic mass is 10.3. The first-order chi connectivity index (χ1) is 6.40. The lowest BCUT2D eigenvalue weighted by molar-refractivity contribution is -0.276. The minimum Gasteiger partial charge on any atom is -0.390 e. The number of alkyl halides is 4. The summed E-state index contributed by atoms with van der Waals surface area (Å²) in [5.74, 6) is -0.822. The Bertz CT molecular complexity index is 371. The zero-order valence-corrected chi connectivity index (χ0v) is 6.69. The van der Waals surface area contributed by atoms with Crippen LogP contribution in [0.25, 0.3) is 0 Å². The van der Waals surface area contributed by atoms with Gasteiger partial charge in [0.15, 0.2) is 0 Å². The van der Waals surface area contributed by atoms with Crippen molar-refractivity contribution >= 4 is 0 Å². The van der Waals surface area contributed by atoms with E-state index in [1.165, 1.54) is 0 Å². The largest absolute Gasteiger partial charge is 0.574 e. The lowest BCUT2D eigenvalue weighted by Crippen LogP contribution is -2.20. The topological polar surface area (TPSA) is 42.1 Å². The molecule has 0 aliphatic heterocycles. The molecule has 0 aliphatic carbocycles. The Morgan fingerprint density at radius 2 is 2.00 bits per heavy atom. The molecule has 0 amide bonds. The highest BCUT2D eigenvalue weighted by atomic mass is 19.4. The van der Waals surface area contributed by atoms with Gasteiger partial charge in [-0.3, -0.25) is 9.78 Å². The van der Waals surface area contributed by atoms with E-state index in [4.69, 9.17) is 0 Å². The molecule has 0 saturated carbocycles. The molecule has 0 saturated heterocycles. The Balaban J connectivity index is 2.98. The number of hydrogen-bond donors (Lipinski definition) is 1. The number of ether oxygens (including phenoxy) is 1. The number of halogens is 4. The van der Waals surface area contributed by atoms with Gasteiger partial charge in [0.05, 0.1) is 0 Å². The summed E-state index contributed by atoms with van der Waals surface area (Å²) >= 11 is 0. The van der Waals surface area contributed by atoms with Crippen LogP contribution in [0.1, 0.15) is 5.56 Å². The molecular formula is C7H5F4NO2. The third kappa shape index (κ3) is 3.08. The molecule has 0 fully saturated rings. The van der Waals surface area contributed by atoms with E-state index in [9.17, 15) is 22.4 Å². The van der Waals surface area contributed by atoms with Crippen LogP contribution in [0.5, 0.6) is 5.88 Å². The molecule has 1 aromatic rings. The van der Waals surface area contributed by atoms with Crippen molar-refractivity contribution in [1.82, 2.24) is 4.98 Å². The molecular weight excluding hydrogens is 206 g/mol. The van der Waals surface area contributed by atoms with Gasteiger partial charge in [-0.2, -0.15) is 0 Å². The first-order valence-electron chi connectivity index (χ1n) is 3.45. The lowest BCUT2D eigenvalue weighted by Gasteiger charge is -2.08. The molecule has 14 heavy (non-hydrogen) atoms. The van der Waals surface area contributed by atoms with Crippen LogP contribution in [0.15, 0.2) is 16.9 Å². The normalized spacial score (nSPS) is 11.4. The third-order valence-electron chi connectivity index (χ3n) is 1.26. The van der Waals surface area contributed by atoms with Gasteiger partial charge in [0.2, 0.25) is 5.88 Å². The Hall–Kier alpha value is -1.53. The molecule has 1 heterocycles. The monoisotopic (exact) mass is 211 g/mol. The van der Waals surface area contributed by atoms with Gasteiger partial charge in [0.1, 0.15) is 6.67 Å². The molecule has 0 aliphatic rings. The molecule has 1 aromatic heterocycles. The Kier molecular flexibility index (Phi) is 2.78. The molecule has 3 nitrogen and oxygen atoms in total. The van der Waals surface area contributed by atoms with E-state index >= 15 is 0 Å². The highest BCUT2D eigenvalue weighted by Crippen LogP contribution is 2.20. The molecule has 0 bridgehead atoms. The zero-order valence-electron chi connectivity index (χ0n) is 6.69. The molecule has 78 valence electrons. The van der Waals surface area contributed by atoms with Gasteiger partial charge < -0.3 is 4.74 Å². The Labute approximate surface area is 75.3 Å². The first kappa shape index (κ1) is 10.6. The van der Waals surface area contributed by atoms with E-state index in [-0.39, 0.29) is 5.56 Å². The van der Waals surface area contributed by atoms with E-state index in [1.807, 2.05) is 0 Å². The molecule has 0 unspecified atom stereocenters. The maximum Gasteiger partial charge on any atom is 0.574 e. The van der Waals surface area contributed by atoms with Crippen LogP contribution >= 0.6 is 0 Å². The Morgan fingerprint density at radius 1 is 1.36 bits per heavy atom. The van der Waals surface area contributed by atoms with Gasteiger partial charge in [-0.1, -0.05) is 0 Å². The fraction of sp³-hybridized carbons (Fsp3) is 0.286. The third-order valence-corrected chi connectivity index (χ3v) is 1.26. The summed E-state index contributed by atoms with van der Waals surface area (Å²) in [6.07, 6.45) is -4.90. The van der Waals surface area contributed by atoms with Crippen LogP contribution in [0.2, 0.25) is 0 Å². The summed E-state index contributed by atoms with van der Waals surface area (Å²) in [4.78, 5) is 12.5. The van der Waals surface area contributed by atoms with E-state index in [1.54, 1.807) is 4.98 Å². The second-order valence-electron chi connectivity index (χ2n) is 2.40. The minimum absolute atomic E-state index is 0.173. The van der Waals surface area contributed by atoms with Crippen molar-refractivity contribution in [2.24, 2.45) is 0 Å². The summed E-state index contributed by atoms with van der Waals surface area (Å²) in [6.45, 7) is -1.03. The number of aromatic amines is 1. The summed E-state index contributed by atoms with van der Waals surface area (Å²) in [5.41, 5.74) is -1.02. The van der Waals surface area contributed by atoms with Crippen molar-refractivity contribution in [1.29, 1.82) is 0 Å². The van der Waals surface area contributed by atoms with Crippen molar-refractivity contribution in [3.05, 3.63) is 28.0 Å². The standard InChI is InChI=1S/C7H5F4NO2/c8-3-4-1-5(13)12-6(2-4)14-7(9,10)11/h1-2H,3H2,(H,12,13). The van der Waals surface area contributed by atoms with Crippen LogP contribution in [-0.2, 0) is 6.67 Å². The van der Waals surface area contributed by atoms with Crippen LogP contribution in [0.3, 0.4) is 0 Å². The number of rotatable bonds is 2. The summed E-state index contributed by atoms with van der Waals surface area (Å²) in [6, 6.07) is 1.62. The smallest absolute Gasteiger partial charge is 0.390 e. The predicted molar refractivity (Wildman–Crippen MR) is 38.6 cm³/mol. The second-order valence-corrected chi connectivity index (χ2v) is 2.40.